The minimum Gasteiger partial charge on any atom is -0.271 e. The van der Waals surface area contributed by atoms with Gasteiger partial charge in [-0.3, -0.25) is 19.4 Å². The molecule has 4 aromatic rings. The molecule has 0 radical (unpaired) electrons. The smallest absolute Gasteiger partial charge is 0.264 e. The minimum absolute atomic E-state index is 0.0385. The molecule has 0 unspecified atom stereocenters. The van der Waals surface area contributed by atoms with Gasteiger partial charge in [0.05, 0.1) is 17.4 Å². The molecule has 9 nitrogen and oxygen atoms in total. The van der Waals surface area contributed by atoms with Gasteiger partial charge in [-0.1, -0.05) is 101 Å². The lowest BCUT2D eigenvalue weighted by molar-refractivity contribution is -0.136. The van der Waals surface area contributed by atoms with E-state index in [1.54, 1.807) is 11.1 Å². The minimum atomic E-state index is -1.00. The second kappa shape index (κ2) is 11.4. The van der Waals surface area contributed by atoms with Crippen molar-refractivity contribution < 1.29 is 14.4 Å². The van der Waals surface area contributed by atoms with Crippen molar-refractivity contribution in [3.05, 3.63) is 119 Å². The second-order valence-corrected chi connectivity index (χ2v) is 12.9. The molecular weight excluding hydrogens is 588 g/mol. The average Bonchev–Trinajstić information content (AvgIpc) is 3.75. The van der Waals surface area contributed by atoms with Crippen molar-refractivity contribution in [3.63, 3.8) is 0 Å². The summed E-state index contributed by atoms with van der Waals surface area (Å²) in [4.78, 5) is 42.9. The number of benzene rings is 4. The van der Waals surface area contributed by atoms with Crippen LogP contribution in [0.5, 0.6) is 0 Å². The lowest BCUT2D eigenvalue weighted by Gasteiger charge is -2.30. The van der Waals surface area contributed by atoms with Crippen LogP contribution in [0.3, 0.4) is 0 Å². The van der Waals surface area contributed by atoms with E-state index in [0.29, 0.717) is 5.69 Å². The summed E-state index contributed by atoms with van der Waals surface area (Å²) in [5.74, 6) is -1.13. The van der Waals surface area contributed by atoms with Gasteiger partial charge in [-0.25, -0.2) is 9.91 Å². The molecule has 234 valence electrons. The number of amides is 3. The van der Waals surface area contributed by atoms with Crippen LogP contribution >= 0.6 is 0 Å². The maximum Gasteiger partial charge on any atom is 0.264 e. The van der Waals surface area contributed by atoms with Crippen LogP contribution in [0.15, 0.2) is 112 Å². The normalized spacial score (nSPS) is 24.3. The van der Waals surface area contributed by atoms with Gasteiger partial charge < -0.3 is 0 Å². The Bertz CT molecular complexity index is 2010. The van der Waals surface area contributed by atoms with Crippen LogP contribution in [0.2, 0.25) is 0 Å². The van der Waals surface area contributed by atoms with Crippen molar-refractivity contribution in [1.82, 2.24) is 10.0 Å². The number of carbonyl (C=O) groups is 3. The van der Waals surface area contributed by atoms with Crippen LogP contribution in [-0.2, 0) is 14.4 Å². The molecule has 1 saturated heterocycles. The van der Waals surface area contributed by atoms with E-state index in [1.165, 1.54) is 15.5 Å². The third kappa shape index (κ3) is 4.93. The van der Waals surface area contributed by atoms with E-state index in [1.807, 2.05) is 43.3 Å². The number of aryl methyl sites for hydroxylation is 2. The Morgan fingerprint density at radius 2 is 1.57 bits per heavy atom. The summed E-state index contributed by atoms with van der Waals surface area (Å²) >= 11 is 0. The first-order valence-corrected chi connectivity index (χ1v) is 16.1. The highest BCUT2D eigenvalue weighted by atomic mass is 16.2. The Labute approximate surface area is 272 Å². The maximum atomic E-state index is 14.2. The topological polar surface area (TPSA) is 98.0 Å². The molecule has 1 aliphatic carbocycles. The number of hydrogen-bond donors (Lipinski definition) is 0. The molecule has 0 bridgehead atoms. The molecule has 2 fully saturated rings. The fourth-order valence-corrected chi connectivity index (χ4v) is 7.37. The number of imide groups is 1. The molecule has 3 heterocycles. The van der Waals surface area contributed by atoms with Gasteiger partial charge in [-0.15, -0.1) is 0 Å². The molecule has 4 aromatic carbocycles. The van der Waals surface area contributed by atoms with Crippen LogP contribution in [0, 0.1) is 19.8 Å². The van der Waals surface area contributed by atoms with Crippen molar-refractivity contribution in [1.29, 1.82) is 0 Å². The first-order valence-electron chi connectivity index (χ1n) is 16.1. The number of anilines is 1. The fourth-order valence-electron chi connectivity index (χ4n) is 7.37. The van der Waals surface area contributed by atoms with Gasteiger partial charge in [0, 0.05) is 11.3 Å². The zero-order chi connectivity index (χ0) is 32.2. The van der Waals surface area contributed by atoms with E-state index < -0.39 is 23.9 Å². The van der Waals surface area contributed by atoms with Gasteiger partial charge in [0.2, 0.25) is 0 Å². The highest BCUT2D eigenvalue weighted by Gasteiger charge is 2.56. The summed E-state index contributed by atoms with van der Waals surface area (Å²) in [6.45, 7) is 3.89. The molecule has 47 heavy (non-hydrogen) atoms. The zero-order valence-corrected chi connectivity index (χ0v) is 26.3. The number of hydrazone groups is 1. The first-order chi connectivity index (χ1) is 22.9. The summed E-state index contributed by atoms with van der Waals surface area (Å²) < 4.78 is 0. The second-order valence-electron chi connectivity index (χ2n) is 12.9. The van der Waals surface area contributed by atoms with E-state index in [4.69, 9.17) is 5.10 Å². The molecule has 8 rings (SSSR count). The first kappa shape index (κ1) is 29.0. The summed E-state index contributed by atoms with van der Waals surface area (Å²) in [6, 6.07) is 27.6. The van der Waals surface area contributed by atoms with Crippen molar-refractivity contribution in [3.8, 4) is 0 Å². The lowest BCUT2D eigenvalue weighted by atomic mass is 9.77. The van der Waals surface area contributed by atoms with Crippen molar-refractivity contribution in [2.75, 3.05) is 11.4 Å². The zero-order valence-electron chi connectivity index (χ0n) is 26.3. The third-order valence-corrected chi connectivity index (χ3v) is 9.76. The Kier molecular flexibility index (Phi) is 7.04. The van der Waals surface area contributed by atoms with E-state index in [2.05, 4.69) is 71.9 Å². The van der Waals surface area contributed by atoms with Gasteiger partial charge >= 0.3 is 0 Å². The van der Waals surface area contributed by atoms with Crippen molar-refractivity contribution in [2.45, 2.75) is 51.2 Å². The SMILES string of the molecule is Cc1ccc(/C=C2/CCC[C@@H]3C2=NN(C(=O)CN2N=N[C@@H]4C(=O)N(c5cccc6ccccc56)C(=O)[C@@H]42)[C@@H]3c2ccc(C)cc2)cc1. The number of fused-ring (bicyclic) bond motifs is 3. The number of rotatable bonds is 5. The monoisotopic (exact) mass is 622 g/mol. The fraction of sp³-hybridized carbons (Fsp3) is 0.263. The molecule has 3 aliphatic heterocycles. The van der Waals surface area contributed by atoms with Gasteiger partial charge in [0.1, 0.15) is 6.54 Å². The lowest BCUT2D eigenvalue weighted by Crippen LogP contribution is -2.45. The maximum absolute atomic E-state index is 14.2. The van der Waals surface area contributed by atoms with Crippen molar-refractivity contribution >= 4 is 46.0 Å². The Balaban J connectivity index is 1.10. The van der Waals surface area contributed by atoms with Crippen LogP contribution in [0.4, 0.5) is 5.69 Å². The van der Waals surface area contributed by atoms with E-state index in [0.717, 1.165) is 58.0 Å². The summed E-state index contributed by atoms with van der Waals surface area (Å²) in [6.07, 6.45) is 4.98. The van der Waals surface area contributed by atoms with E-state index >= 15 is 0 Å². The van der Waals surface area contributed by atoms with Gasteiger partial charge in [0.25, 0.3) is 17.7 Å². The molecule has 4 aliphatic rings. The van der Waals surface area contributed by atoms with Gasteiger partial charge in [0.15, 0.2) is 12.1 Å². The molecule has 1 saturated carbocycles. The average molecular weight is 623 g/mol. The number of allylic oxidation sites excluding steroid dienone is 1. The van der Waals surface area contributed by atoms with Crippen LogP contribution < -0.4 is 4.90 Å². The number of carbonyl (C=O) groups excluding carboxylic acids is 3. The summed E-state index contributed by atoms with van der Waals surface area (Å²) in [5, 5.41) is 18.1. The summed E-state index contributed by atoms with van der Waals surface area (Å²) in [5.41, 5.74) is 7.04. The quantitative estimate of drug-likeness (QED) is 0.235. The molecule has 0 N–H and O–H groups in total. The molecule has 9 heteroatoms. The largest absolute Gasteiger partial charge is 0.271 e. The van der Waals surface area contributed by atoms with Crippen molar-refractivity contribution in [2.24, 2.45) is 21.4 Å². The Morgan fingerprint density at radius 1 is 0.851 bits per heavy atom. The number of nitrogens with zero attached hydrogens (tertiary/aromatic N) is 6. The summed E-state index contributed by atoms with van der Waals surface area (Å²) in [7, 11) is 0. The molecule has 4 atom stereocenters. The highest BCUT2D eigenvalue weighted by molar-refractivity contribution is 6.27. The molecule has 3 amide bonds. The van der Waals surface area contributed by atoms with Crippen LogP contribution in [0.1, 0.15) is 47.6 Å². The predicted molar refractivity (Wildman–Crippen MR) is 180 cm³/mol. The van der Waals surface area contributed by atoms with Crippen LogP contribution in [0.25, 0.3) is 16.8 Å². The molecular formula is C38H34N6O3. The molecule has 0 spiro atoms. The third-order valence-electron chi connectivity index (χ3n) is 9.76. The Hall–Kier alpha value is -5.44. The van der Waals surface area contributed by atoms with Gasteiger partial charge in [-0.2, -0.15) is 10.2 Å². The van der Waals surface area contributed by atoms with Gasteiger partial charge in [-0.05, 0) is 67.3 Å². The molecule has 0 aromatic heterocycles. The highest BCUT2D eigenvalue weighted by Crippen LogP contribution is 2.45. The predicted octanol–water partition coefficient (Wildman–Crippen LogP) is 6.57. The van der Waals surface area contributed by atoms with E-state index in [9.17, 15) is 14.4 Å². The Morgan fingerprint density at radius 3 is 2.36 bits per heavy atom. The van der Waals surface area contributed by atoms with Crippen LogP contribution in [-0.4, -0.2) is 52.1 Å². The standard InChI is InChI=1S/C38H34N6O3/c1-23-13-17-25(18-14-23)21-28-9-5-11-30-33(28)40-44(35(30)27-19-15-24(2)16-20-27)32(45)22-42-36-34(39-41-42)37(46)43(38(36)47)31-12-6-8-26-7-3-4-10-29(26)31/h3-4,6-8,10,12-21,30,34-36H,5,9,11,22H2,1-2H3/b28-21-/t30-,34+,35-,36-/m1/s1. The number of hydrogen-bond acceptors (Lipinski definition) is 7. The van der Waals surface area contributed by atoms with E-state index in [-0.39, 0.29) is 24.4 Å².